The summed E-state index contributed by atoms with van der Waals surface area (Å²) in [4.78, 5) is 23.8. The van der Waals surface area contributed by atoms with Gasteiger partial charge in [0.25, 0.3) is 0 Å². The Kier molecular flexibility index (Phi) is 7.09. The fourth-order valence-electron chi connectivity index (χ4n) is 2.18. The zero-order valence-corrected chi connectivity index (χ0v) is 12.1. The summed E-state index contributed by atoms with van der Waals surface area (Å²) >= 11 is 0. The molecule has 0 spiro atoms. The van der Waals surface area contributed by atoms with Crippen LogP contribution in [0.25, 0.3) is 0 Å². The third kappa shape index (κ3) is 5.37. The Morgan fingerprint density at radius 1 is 1.11 bits per heavy atom. The van der Waals surface area contributed by atoms with Crippen LogP contribution in [-0.4, -0.2) is 11.6 Å². The molecule has 0 saturated carbocycles. The van der Waals surface area contributed by atoms with Crippen molar-refractivity contribution in [3.8, 4) is 0 Å². The van der Waals surface area contributed by atoms with Crippen molar-refractivity contribution < 1.29 is 9.59 Å². The Morgan fingerprint density at radius 3 is 2.58 bits per heavy atom. The molecular formula is C17H24O2. The maximum absolute atomic E-state index is 12.2. The number of hydrogen-bond donors (Lipinski definition) is 0. The van der Waals surface area contributed by atoms with E-state index in [9.17, 15) is 9.59 Å². The lowest BCUT2D eigenvalue weighted by molar-refractivity contribution is -0.122. The molecule has 0 amide bonds. The number of carbonyl (C=O) groups is 2. The molecule has 2 nitrogen and oxygen atoms in total. The second-order valence-corrected chi connectivity index (χ2v) is 4.93. The van der Waals surface area contributed by atoms with Crippen LogP contribution in [-0.2, 0) is 9.59 Å². The molecule has 1 aliphatic carbocycles. The van der Waals surface area contributed by atoms with Gasteiger partial charge in [-0.2, -0.15) is 0 Å². The van der Waals surface area contributed by atoms with Crippen molar-refractivity contribution in [3.63, 3.8) is 0 Å². The van der Waals surface area contributed by atoms with Gasteiger partial charge in [-0.1, -0.05) is 50.1 Å². The average molecular weight is 260 g/mol. The Hall–Kier alpha value is -1.44. The molecule has 104 valence electrons. The summed E-state index contributed by atoms with van der Waals surface area (Å²) in [6.07, 6.45) is 12.9. The number of carbonyl (C=O) groups excluding carboxylic acids is 2. The van der Waals surface area contributed by atoms with Crippen LogP contribution in [0, 0.1) is 0 Å². The summed E-state index contributed by atoms with van der Waals surface area (Å²) < 4.78 is 0. The maximum Gasteiger partial charge on any atom is 0.163 e. The number of hydrogen-bond acceptors (Lipinski definition) is 2. The Balaban J connectivity index is 2.56. The van der Waals surface area contributed by atoms with Gasteiger partial charge in [-0.15, -0.1) is 0 Å². The van der Waals surface area contributed by atoms with Gasteiger partial charge in [-0.25, -0.2) is 0 Å². The predicted octanol–water partition coefficient (Wildman–Crippen LogP) is 4.32. The second kappa shape index (κ2) is 8.63. The van der Waals surface area contributed by atoms with E-state index in [1.54, 1.807) is 0 Å². The first-order valence-corrected chi connectivity index (χ1v) is 7.29. The van der Waals surface area contributed by atoms with Crippen LogP contribution >= 0.6 is 0 Å². The lowest BCUT2D eigenvalue weighted by Crippen LogP contribution is -2.07. The molecule has 0 fully saturated rings. The van der Waals surface area contributed by atoms with Crippen LogP contribution in [0.3, 0.4) is 0 Å². The van der Waals surface area contributed by atoms with Gasteiger partial charge in [-0.05, 0) is 19.3 Å². The smallest absolute Gasteiger partial charge is 0.163 e. The van der Waals surface area contributed by atoms with E-state index in [4.69, 9.17) is 0 Å². The number of allylic oxidation sites excluding steroid dienone is 6. The average Bonchev–Trinajstić information content (AvgIpc) is 2.67. The van der Waals surface area contributed by atoms with Gasteiger partial charge in [0.15, 0.2) is 5.78 Å². The Bertz CT molecular complexity index is 411. The molecule has 1 rings (SSSR count). The fourth-order valence-corrected chi connectivity index (χ4v) is 2.18. The van der Waals surface area contributed by atoms with Gasteiger partial charge in [0.2, 0.25) is 0 Å². The number of Topliss-reactive ketones (excluding diaryl/α,β-unsaturated/α-hetero) is 2. The first-order valence-electron chi connectivity index (χ1n) is 7.29. The highest BCUT2D eigenvalue weighted by Crippen LogP contribution is 2.20. The zero-order valence-electron chi connectivity index (χ0n) is 12.1. The molecule has 0 bridgehead atoms. The molecular weight excluding hydrogens is 236 g/mol. The van der Waals surface area contributed by atoms with E-state index < -0.39 is 0 Å². The van der Waals surface area contributed by atoms with Crippen molar-refractivity contribution in [1.82, 2.24) is 0 Å². The summed E-state index contributed by atoms with van der Waals surface area (Å²) in [6.45, 7) is 4.14. The van der Waals surface area contributed by atoms with Crippen LogP contribution in [0.2, 0.25) is 0 Å². The number of rotatable bonds is 8. The fraction of sp³-hybridized carbons (Fsp3) is 0.529. The zero-order chi connectivity index (χ0) is 14.1. The number of ketones is 2. The van der Waals surface area contributed by atoms with Crippen LogP contribution < -0.4 is 0 Å². The molecule has 0 aromatic carbocycles. The molecule has 0 aliphatic heterocycles. The van der Waals surface area contributed by atoms with Crippen LogP contribution in [0.1, 0.15) is 58.8 Å². The molecule has 0 unspecified atom stereocenters. The molecule has 2 heteroatoms. The van der Waals surface area contributed by atoms with E-state index in [1.807, 2.05) is 18.2 Å². The third-order valence-corrected chi connectivity index (χ3v) is 3.42. The predicted molar refractivity (Wildman–Crippen MR) is 79.0 cm³/mol. The molecule has 0 radical (unpaired) electrons. The van der Waals surface area contributed by atoms with Crippen molar-refractivity contribution in [3.05, 3.63) is 35.5 Å². The molecule has 0 saturated heterocycles. The highest BCUT2D eigenvalue weighted by Gasteiger charge is 2.13. The topological polar surface area (TPSA) is 34.1 Å². The lowest BCUT2D eigenvalue weighted by Gasteiger charge is -2.07. The molecule has 0 aromatic heterocycles. The highest BCUT2D eigenvalue weighted by molar-refractivity contribution is 6.00. The minimum atomic E-state index is 0.113. The normalized spacial score (nSPS) is 14.6. The summed E-state index contributed by atoms with van der Waals surface area (Å²) in [5, 5.41) is 0. The van der Waals surface area contributed by atoms with Gasteiger partial charge >= 0.3 is 0 Å². The third-order valence-electron chi connectivity index (χ3n) is 3.42. The summed E-state index contributed by atoms with van der Waals surface area (Å²) in [5.41, 5.74) is 1.99. The van der Waals surface area contributed by atoms with Gasteiger partial charge in [-0.3, -0.25) is 9.59 Å². The minimum Gasteiger partial charge on any atom is -0.300 e. The molecule has 1 aliphatic rings. The molecule has 0 aromatic rings. The van der Waals surface area contributed by atoms with Gasteiger partial charge in [0, 0.05) is 24.8 Å². The summed E-state index contributed by atoms with van der Waals surface area (Å²) in [5.74, 6) is 0.325. The minimum absolute atomic E-state index is 0.113. The van der Waals surface area contributed by atoms with Crippen LogP contribution in [0.5, 0.6) is 0 Å². The van der Waals surface area contributed by atoms with E-state index in [0.717, 1.165) is 31.3 Å². The first-order chi connectivity index (χ1) is 9.19. The highest BCUT2D eigenvalue weighted by atomic mass is 16.1. The SMILES string of the molecule is CCCCC(=O)CCC(=O)C1=C(CC)CC=CC=C1. The summed E-state index contributed by atoms with van der Waals surface area (Å²) in [6, 6.07) is 0. The monoisotopic (exact) mass is 260 g/mol. The van der Waals surface area contributed by atoms with Crippen molar-refractivity contribution in [2.75, 3.05) is 0 Å². The van der Waals surface area contributed by atoms with Gasteiger partial charge < -0.3 is 0 Å². The first kappa shape index (κ1) is 15.6. The quantitative estimate of drug-likeness (QED) is 0.651. The van der Waals surface area contributed by atoms with E-state index in [0.29, 0.717) is 19.3 Å². The van der Waals surface area contributed by atoms with Crippen LogP contribution in [0.15, 0.2) is 35.5 Å². The standard InChI is InChI=1S/C17H24O2/c1-3-5-10-15(18)12-13-17(19)16-11-8-6-7-9-14(16)4-2/h6-8,11H,3-5,9-10,12-13H2,1-2H3. The summed E-state index contributed by atoms with van der Waals surface area (Å²) in [7, 11) is 0. The van der Waals surface area contributed by atoms with E-state index in [1.165, 1.54) is 5.57 Å². The Morgan fingerprint density at radius 2 is 1.89 bits per heavy atom. The molecule has 0 atom stereocenters. The maximum atomic E-state index is 12.2. The molecule has 19 heavy (non-hydrogen) atoms. The molecule has 0 N–H and O–H groups in total. The van der Waals surface area contributed by atoms with Gasteiger partial charge in [0.1, 0.15) is 5.78 Å². The van der Waals surface area contributed by atoms with Crippen molar-refractivity contribution in [2.45, 2.75) is 58.8 Å². The van der Waals surface area contributed by atoms with E-state index in [2.05, 4.69) is 19.9 Å². The van der Waals surface area contributed by atoms with Gasteiger partial charge in [0.05, 0.1) is 0 Å². The van der Waals surface area contributed by atoms with Crippen LogP contribution in [0.4, 0.5) is 0 Å². The molecule has 0 heterocycles. The van der Waals surface area contributed by atoms with E-state index >= 15 is 0 Å². The number of unbranched alkanes of at least 4 members (excludes halogenated alkanes) is 1. The van der Waals surface area contributed by atoms with Crippen molar-refractivity contribution >= 4 is 11.6 Å². The lowest BCUT2D eigenvalue weighted by atomic mass is 9.96. The van der Waals surface area contributed by atoms with Crippen molar-refractivity contribution in [2.24, 2.45) is 0 Å². The second-order valence-electron chi connectivity index (χ2n) is 4.93. The Labute approximate surface area is 116 Å². The van der Waals surface area contributed by atoms with E-state index in [-0.39, 0.29) is 11.6 Å². The largest absolute Gasteiger partial charge is 0.300 e. The van der Waals surface area contributed by atoms with Crippen molar-refractivity contribution in [1.29, 1.82) is 0 Å².